The Morgan fingerprint density at radius 1 is 1.13 bits per heavy atom. The smallest absolute Gasteiger partial charge is 0.141 e. The van der Waals surface area contributed by atoms with Crippen LogP contribution in [-0.4, -0.2) is 34.5 Å². The largest absolute Gasteiger partial charge is 0.496 e. The van der Waals surface area contributed by atoms with Gasteiger partial charge in [-0.05, 0) is 50.5 Å². The van der Waals surface area contributed by atoms with E-state index in [0.717, 1.165) is 80.9 Å². The van der Waals surface area contributed by atoms with Crippen LogP contribution in [0.4, 0.5) is 0 Å². The molecule has 6 heteroatoms. The number of benzene rings is 1. The Balaban J connectivity index is 1.83. The highest BCUT2D eigenvalue weighted by Crippen LogP contribution is 2.42. The maximum absolute atomic E-state index is 5.82. The van der Waals surface area contributed by atoms with E-state index in [1.165, 1.54) is 11.1 Å². The molecule has 0 atom stereocenters. The lowest BCUT2D eigenvalue weighted by molar-refractivity contribution is 0.393. The molecule has 4 heterocycles. The van der Waals surface area contributed by atoms with Crippen molar-refractivity contribution in [2.24, 2.45) is 4.99 Å². The molecule has 0 radical (unpaired) electrons. The van der Waals surface area contributed by atoms with Crippen molar-refractivity contribution in [2.75, 3.05) is 13.7 Å². The van der Waals surface area contributed by atoms with Gasteiger partial charge in [0.15, 0.2) is 0 Å². The van der Waals surface area contributed by atoms with Crippen molar-refractivity contribution >= 4 is 33.1 Å². The van der Waals surface area contributed by atoms with Crippen molar-refractivity contribution in [3.05, 3.63) is 47.1 Å². The normalized spacial score (nSPS) is 14.2. The molecule has 6 nitrogen and oxygen atoms in total. The van der Waals surface area contributed by atoms with Crippen molar-refractivity contribution in [1.29, 1.82) is 0 Å². The summed E-state index contributed by atoms with van der Waals surface area (Å²) >= 11 is 0. The number of ether oxygens (including phenoxy) is 1. The third-order valence-electron chi connectivity index (χ3n) is 6.23. The van der Waals surface area contributed by atoms with Crippen LogP contribution in [0.5, 0.6) is 5.75 Å². The standard InChI is InChI=1S/C25H26N4O2/c1-6-15-12-27-18(7-2)23(15)25-24-16-11-21(30-5)17(22-13(3)29-31-14(22)4)10-20(16)28-19(24)8-9-26-25/h8-11,28H,6-7,12H2,1-5H3. The number of methoxy groups -OCH3 is 1. The summed E-state index contributed by atoms with van der Waals surface area (Å²) < 4.78 is 11.2. The topological polar surface area (TPSA) is 76.3 Å². The molecular weight excluding hydrogens is 388 g/mol. The van der Waals surface area contributed by atoms with Crippen molar-refractivity contribution in [3.63, 3.8) is 0 Å². The van der Waals surface area contributed by atoms with Gasteiger partial charge in [-0.1, -0.05) is 19.0 Å². The van der Waals surface area contributed by atoms with Gasteiger partial charge in [-0.15, -0.1) is 0 Å². The number of hydrogen-bond acceptors (Lipinski definition) is 5. The van der Waals surface area contributed by atoms with Gasteiger partial charge in [0.25, 0.3) is 0 Å². The minimum atomic E-state index is 0.773. The van der Waals surface area contributed by atoms with Crippen molar-refractivity contribution in [2.45, 2.75) is 40.5 Å². The quantitative estimate of drug-likeness (QED) is 0.433. The second-order valence-corrected chi connectivity index (χ2v) is 7.95. The molecule has 1 N–H and O–H groups in total. The zero-order valence-corrected chi connectivity index (χ0v) is 18.6. The van der Waals surface area contributed by atoms with E-state index >= 15 is 0 Å². The molecule has 158 valence electrons. The zero-order valence-electron chi connectivity index (χ0n) is 18.6. The number of allylic oxidation sites excluding steroid dienone is 1. The molecular formula is C25H26N4O2. The number of nitrogens with zero attached hydrogens (tertiary/aromatic N) is 3. The average molecular weight is 415 g/mol. The SMILES string of the molecule is CCC1=NCC(CC)=C1c1nccc2[nH]c3cc(-c4c(C)noc4C)c(OC)cc3c12. The minimum absolute atomic E-state index is 0.773. The first-order chi connectivity index (χ1) is 15.1. The highest BCUT2D eigenvalue weighted by atomic mass is 16.5. The summed E-state index contributed by atoms with van der Waals surface area (Å²) in [6.45, 7) is 9.00. The van der Waals surface area contributed by atoms with E-state index in [1.807, 2.05) is 26.1 Å². The summed E-state index contributed by atoms with van der Waals surface area (Å²) in [6, 6.07) is 6.26. The molecule has 1 aliphatic heterocycles. The lowest BCUT2D eigenvalue weighted by Crippen LogP contribution is -2.02. The highest BCUT2D eigenvalue weighted by Gasteiger charge is 2.24. The van der Waals surface area contributed by atoms with Gasteiger partial charge in [0.05, 0.1) is 36.1 Å². The van der Waals surface area contributed by atoms with Crippen LogP contribution in [-0.2, 0) is 0 Å². The number of nitrogens with one attached hydrogen (secondary N) is 1. The number of rotatable bonds is 5. The average Bonchev–Trinajstić information content (AvgIpc) is 3.46. The predicted molar refractivity (Wildman–Crippen MR) is 125 cm³/mol. The molecule has 1 aliphatic rings. The Hall–Kier alpha value is -3.41. The number of aromatic amines is 1. The molecule has 4 aromatic rings. The number of aliphatic imine (C=N–C) groups is 1. The molecule has 3 aromatic heterocycles. The second kappa shape index (κ2) is 7.38. The fourth-order valence-electron chi connectivity index (χ4n) is 4.73. The zero-order chi connectivity index (χ0) is 21.7. The first-order valence-corrected chi connectivity index (χ1v) is 10.7. The molecule has 0 amide bonds. The third-order valence-corrected chi connectivity index (χ3v) is 6.23. The summed E-state index contributed by atoms with van der Waals surface area (Å²) in [6.07, 6.45) is 3.76. The molecule has 0 saturated heterocycles. The molecule has 0 spiro atoms. The van der Waals surface area contributed by atoms with E-state index in [2.05, 4.69) is 36.1 Å². The van der Waals surface area contributed by atoms with E-state index in [1.54, 1.807) is 7.11 Å². The maximum Gasteiger partial charge on any atom is 0.141 e. The van der Waals surface area contributed by atoms with Crippen LogP contribution >= 0.6 is 0 Å². The summed E-state index contributed by atoms with van der Waals surface area (Å²) in [5.41, 5.74) is 9.60. The number of fused-ring (bicyclic) bond motifs is 3. The van der Waals surface area contributed by atoms with Crippen LogP contribution in [0.15, 0.2) is 39.5 Å². The van der Waals surface area contributed by atoms with Crippen LogP contribution in [0, 0.1) is 13.8 Å². The van der Waals surface area contributed by atoms with Crippen molar-refractivity contribution in [1.82, 2.24) is 15.1 Å². The van der Waals surface area contributed by atoms with Gasteiger partial charge in [0.1, 0.15) is 11.5 Å². The van der Waals surface area contributed by atoms with E-state index in [9.17, 15) is 0 Å². The summed E-state index contributed by atoms with van der Waals surface area (Å²) in [5, 5.41) is 6.33. The molecule has 0 unspecified atom stereocenters. The van der Waals surface area contributed by atoms with Gasteiger partial charge >= 0.3 is 0 Å². The number of pyridine rings is 1. The first kappa shape index (κ1) is 19.5. The Morgan fingerprint density at radius 2 is 1.97 bits per heavy atom. The van der Waals surface area contributed by atoms with Gasteiger partial charge in [-0.25, -0.2) is 0 Å². The van der Waals surface area contributed by atoms with Crippen LogP contribution in [0.25, 0.3) is 38.5 Å². The lowest BCUT2D eigenvalue weighted by Gasteiger charge is -2.11. The summed E-state index contributed by atoms with van der Waals surface area (Å²) in [4.78, 5) is 13.2. The lowest BCUT2D eigenvalue weighted by atomic mass is 9.95. The second-order valence-electron chi connectivity index (χ2n) is 7.95. The van der Waals surface area contributed by atoms with E-state index < -0.39 is 0 Å². The Bertz CT molecular complexity index is 1370. The van der Waals surface area contributed by atoms with Gasteiger partial charge in [0.2, 0.25) is 0 Å². The van der Waals surface area contributed by atoms with Crippen LogP contribution in [0.1, 0.15) is 43.8 Å². The Kier molecular flexibility index (Phi) is 4.65. The monoisotopic (exact) mass is 414 g/mol. The van der Waals surface area contributed by atoms with Crippen LogP contribution in [0.2, 0.25) is 0 Å². The first-order valence-electron chi connectivity index (χ1n) is 10.7. The van der Waals surface area contributed by atoms with Gasteiger partial charge in [-0.2, -0.15) is 0 Å². The highest BCUT2D eigenvalue weighted by molar-refractivity contribution is 6.30. The van der Waals surface area contributed by atoms with Gasteiger partial charge in [-0.3, -0.25) is 9.98 Å². The minimum Gasteiger partial charge on any atom is -0.496 e. The van der Waals surface area contributed by atoms with Crippen molar-refractivity contribution < 1.29 is 9.26 Å². The third kappa shape index (κ3) is 2.89. The van der Waals surface area contributed by atoms with Gasteiger partial charge in [0, 0.05) is 39.3 Å². The number of H-pyrrole nitrogens is 1. The Labute approximate surface area is 181 Å². The molecule has 31 heavy (non-hydrogen) atoms. The van der Waals surface area contributed by atoms with Crippen LogP contribution < -0.4 is 4.74 Å². The van der Waals surface area contributed by atoms with E-state index in [0.29, 0.717) is 0 Å². The fraction of sp³-hybridized carbons (Fsp3) is 0.320. The molecule has 0 aliphatic carbocycles. The van der Waals surface area contributed by atoms with Crippen LogP contribution in [0.3, 0.4) is 0 Å². The van der Waals surface area contributed by atoms with E-state index in [4.69, 9.17) is 19.2 Å². The molecule has 0 fully saturated rings. The van der Waals surface area contributed by atoms with Crippen molar-refractivity contribution in [3.8, 4) is 16.9 Å². The summed E-state index contributed by atoms with van der Waals surface area (Å²) in [7, 11) is 1.70. The van der Waals surface area contributed by atoms with E-state index in [-0.39, 0.29) is 0 Å². The molecule has 5 rings (SSSR count). The Morgan fingerprint density at radius 3 is 2.65 bits per heavy atom. The molecule has 1 aromatic carbocycles. The number of aryl methyl sites for hydroxylation is 2. The molecule has 0 saturated carbocycles. The number of aromatic nitrogens is 3. The predicted octanol–water partition coefficient (Wildman–Crippen LogP) is 6.02. The summed E-state index contributed by atoms with van der Waals surface area (Å²) in [5.74, 6) is 1.57. The van der Waals surface area contributed by atoms with Gasteiger partial charge < -0.3 is 14.2 Å². The number of hydrogen-bond donors (Lipinski definition) is 1. The fourth-order valence-corrected chi connectivity index (χ4v) is 4.73. The maximum atomic E-state index is 5.82. The molecule has 0 bridgehead atoms.